The summed E-state index contributed by atoms with van der Waals surface area (Å²) in [5.74, 6) is 0.898. The molecule has 0 saturated carbocycles. The van der Waals surface area contributed by atoms with Crippen LogP contribution < -0.4 is 0 Å². The van der Waals surface area contributed by atoms with Crippen LogP contribution in [-0.4, -0.2) is 15.0 Å². The van der Waals surface area contributed by atoms with E-state index in [4.69, 9.17) is 0 Å². The van der Waals surface area contributed by atoms with Crippen molar-refractivity contribution in [2.75, 3.05) is 0 Å². The molecule has 0 bridgehead atoms. The van der Waals surface area contributed by atoms with Gasteiger partial charge in [-0.25, -0.2) is 9.97 Å². The van der Waals surface area contributed by atoms with Crippen molar-refractivity contribution in [3.8, 4) is 0 Å². The maximum absolute atomic E-state index is 4.25. The lowest BCUT2D eigenvalue weighted by molar-refractivity contribution is 0.545. The SMILES string of the molecule is CC.CC.CC.CC.CC.CC.CC(C)(C)c1ccccc1.CC(C)(C)c1ccccn1.CC(C)(C)c1ncccn1. The minimum Gasteiger partial charge on any atom is -0.261 e. The minimum atomic E-state index is 0.0707. The second kappa shape index (κ2) is 34.7. The van der Waals surface area contributed by atoms with Gasteiger partial charge in [0.2, 0.25) is 0 Å². The van der Waals surface area contributed by atoms with E-state index in [1.54, 1.807) is 12.4 Å². The monoisotopic (exact) mass is 586 g/mol. The van der Waals surface area contributed by atoms with Gasteiger partial charge in [-0.05, 0) is 29.2 Å². The zero-order valence-electron chi connectivity index (χ0n) is 32.3. The number of pyridine rings is 1. The van der Waals surface area contributed by atoms with Crippen LogP contribution in [0.25, 0.3) is 0 Å². The molecule has 0 radical (unpaired) electrons. The smallest absolute Gasteiger partial charge is 0.133 e. The zero-order chi connectivity index (χ0) is 34.8. The fourth-order valence-corrected chi connectivity index (χ4v) is 2.43. The van der Waals surface area contributed by atoms with Crippen LogP contribution in [0.15, 0.2) is 73.2 Å². The highest BCUT2D eigenvalue weighted by Gasteiger charge is 2.15. The summed E-state index contributed by atoms with van der Waals surface area (Å²) in [6.07, 6.45) is 5.38. The van der Waals surface area contributed by atoms with E-state index in [9.17, 15) is 0 Å². The Kier molecular flexibility index (Phi) is 43.0. The Morgan fingerprint density at radius 3 is 0.929 bits per heavy atom. The molecule has 0 spiro atoms. The highest BCUT2D eigenvalue weighted by atomic mass is 14.9. The maximum Gasteiger partial charge on any atom is 0.133 e. The molecule has 3 nitrogen and oxygen atoms in total. The standard InChI is InChI=1S/C10H14.C9H13N.C8H12N2.6C2H6/c1-10(2,3)9-7-5-4-6-8-9;1-9(2,3)8-6-4-5-7-10-8;1-8(2,3)7-9-5-4-6-10-7;6*1-2/h4-8H,1-3H3;4-7H,1-3H3;4-6H,1-3H3;6*1-2H3. The van der Waals surface area contributed by atoms with Crippen LogP contribution in [0.5, 0.6) is 0 Å². The number of nitrogens with zero attached hydrogens (tertiary/aromatic N) is 3. The Balaban J connectivity index is -0.0000000979. The largest absolute Gasteiger partial charge is 0.261 e. The highest BCUT2D eigenvalue weighted by Crippen LogP contribution is 2.21. The number of rotatable bonds is 0. The van der Waals surface area contributed by atoms with Gasteiger partial charge in [0.15, 0.2) is 0 Å². The zero-order valence-corrected chi connectivity index (χ0v) is 32.3. The lowest BCUT2D eigenvalue weighted by atomic mass is 9.87. The van der Waals surface area contributed by atoms with Gasteiger partial charge in [0.25, 0.3) is 0 Å². The molecule has 246 valence electrons. The van der Waals surface area contributed by atoms with Crippen molar-refractivity contribution in [3.63, 3.8) is 0 Å². The summed E-state index contributed by atoms with van der Waals surface area (Å²) in [7, 11) is 0. The minimum absolute atomic E-state index is 0.0707. The van der Waals surface area contributed by atoms with Gasteiger partial charge in [0, 0.05) is 35.1 Å². The predicted octanol–water partition coefficient (Wildman–Crippen LogP) is 13.3. The first-order valence-electron chi connectivity index (χ1n) is 16.6. The van der Waals surface area contributed by atoms with Gasteiger partial charge in [-0.3, -0.25) is 4.98 Å². The first-order chi connectivity index (χ1) is 19.8. The molecular formula is C39H75N3. The highest BCUT2D eigenvalue weighted by molar-refractivity contribution is 5.22. The van der Waals surface area contributed by atoms with Crippen molar-refractivity contribution in [1.29, 1.82) is 0 Å². The van der Waals surface area contributed by atoms with Gasteiger partial charge in [0.05, 0.1) is 0 Å². The van der Waals surface area contributed by atoms with Crippen molar-refractivity contribution in [2.45, 2.75) is 162 Å². The van der Waals surface area contributed by atoms with E-state index in [2.05, 4.69) is 114 Å². The van der Waals surface area contributed by atoms with E-state index in [0.29, 0.717) is 5.41 Å². The van der Waals surface area contributed by atoms with Crippen molar-refractivity contribution >= 4 is 0 Å². The van der Waals surface area contributed by atoms with E-state index in [0.717, 1.165) is 11.5 Å². The van der Waals surface area contributed by atoms with Gasteiger partial charge < -0.3 is 0 Å². The second-order valence-electron chi connectivity index (χ2n) is 10.4. The number of aromatic nitrogens is 3. The lowest BCUT2D eigenvalue weighted by Gasteiger charge is -2.18. The Bertz CT molecular complexity index is 706. The average molecular weight is 586 g/mol. The topological polar surface area (TPSA) is 38.7 Å². The van der Waals surface area contributed by atoms with Gasteiger partial charge in [-0.15, -0.1) is 0 Å². The van der Waals surface area contributed by atoms with Crippen molar-refractivity contribution < 1.29 is 0 Å². The molecule has 3 aromatic rings. The molecule has 0 fully saturated rings. The van der Waals surface area contributed by atoms with E-state index in [1.165, 1.54) is 5.56 Å². The third kappa shape index (κ3) is 32.0. The first-order valence-corrected chi connectivity index (χ1v) is 16.6. The summed E-state index contributed by atoms with van der Waals surface area (Å²) < 4.78 is 0. The van der Waals surface area contributed by atoms with Gasteiger partial charge in [-0.2, -0.15) is 0 Å². The Labute approximate surface area is 266 Å². The molecule has 0 aliphatic carbocycles. The van der Waals surface area contributed by atoms with E-state index in [1.807, 2.05) is 107 Å². The van der Waals surface area contributed by atoms with Crippen LogP contribution in [0.1, 0.15) is 162 Å². The van der Waals surface area contributed by atoms with Gasteiger partial charge in [0.1, 0.15) is 5.82 Å². The molecule has 0 aliphatic heterocycles. The maximum atomic E-state index is 4.25. The number of benzene rings is 1. The third-order valence-corrected chi connectivity index (χ3v) is 4.31. The third-order valence-electron chi connectivity index (χ3n) is 4.31. The Morgan fingerprint density at radius 1 is 0.357 bits per heavy atom. The summed E-state index contributed by atoms with van der Waals surface area (Å²) in [5, 5.41) is 0. The van der Waals surface area contributed by atoms with Crippen LogP contribution in [0.3, 0.4) is 0 Å². The Hall–Kier alpha value is -2.55. The quantitative estimate of drug-likeness (QED) is 0.263. The molecule has 0 amide bonds. The van der Waals surface area contributed by atoms with Crippen molar-refractivity contribution in [3.05, 3.63) is 90.3 Å². The van der Waals surface area contributed by atoms with Crippen LogP contribution in [-0.2, 0) is 16.2 Å². The Morgan fingerprint density at radius 2 is 0.714 bits per heavy atom. The summed E-state index contributed by atoms with van der Waals surface area (Å²) in [6, 6.07) is 18.4. The molecule has 1 aromatic carbocycles. The van der Waals surface area contributed by atoms with E-state index < -0.39 is 0 Å². The normalized spacial score (nSPS) is 9.07. The van der Waals surface area contributed by atoms with E-state index >= 15 is 0 Å². The summed E-state index contributed by atoms with van der Waals surface area (Å²) in [4.78, 5) is 12.5. The fourth-order valence-electron chi connectivity index (χ4n) is 2.43. The molecular weight excluding hydrogens is 510 g/mol. The summed E-state index contributed by atoms with van der Waals surface area (Å²) in [5.41, 5.74) is 3.09. The van der Waals surface area contributed by atoms with Crippen LogP contribution >= 0.6 is 0 Å². The fraction of sp³-hybridized carbons (Fsp3) is 0.615. The molecule has 0 atom stereocenters. The number of hydrogen-bond donors (Lipinski definition) is 0. The molecule has 2 aromatic heterocycles. The molecule has 3 heteroatoms. The lowest BCUT2D eigenvalue weighted by Crippen LogP contribution is -2.14. The molecule has 2 heterocycles. The first kappa shape index (κ1) is 52.1. The molecule has 0 N–H and O–H groups in total. The van der Waals surface area contributed by atoms with E-state index in [-0.39, 0.29) is 10.8 Å². The van der Waals surface area contributed by atoms with Crippen LogP contribution in [0.2, 0.25) is 0 Å². The molecule has 42 heavy (non-hydrogen) atoms. The van der Waals surface area contributed by atoms with Crippen molar-refractivity contribution in [1.82, 2.24) is 15.0 Å². The summed E-state index contributed by atoms with van der Waals surface area (Å²) >= 11 is 0. The van der Waals surface area contributed by atoms with Crippen molar-refractivity contribution in [2.24, 2.45) is 0 Å². The van der Waals surface area contributed by atoms with Gasteiger partial charge in [-0.1, -0.05) is 182 Å². The van der Waals surface area contributed by atoms with Crippen LogP contribution in [0, 0.1) is 0 Å². The second-order valence-corrected chi connectivity index (χ2v) is 10.4. The average Bonchev–Trinajstić information content (AvgIpc) is 3.04. The molecule has 0 aliphatic rings. The number of hydrogen-bond acceptors (Lipinski definition) is 3. The molecule has 0 unspecified atom stereocenters. The van der Waals surface area contributed by atoms with Gasteiger partial charge >= 0.3 is 0 Å². The predicted molar refractivity (Wildman–Crippen MR) is 197 cm³/mol. The summed E-state index contributed by atoms with van der Waals surface area (Å²) in [6.45, 7) is 43.5. The van der Waals surface area contributed by atoms with Crippen LogP contribution in [0.4, 0.5) is 0 Å². The molecule has 0 saturated heterocycles. The molecule has 3 rings (SSSR count).